The van der Waals surface area contributed by atoms with Crippen molar-refractivity contribution in [3.8, 4) is 0 Å². The number of hydrogen-bond donors (Lipinski definition) is 1. The van der Waals surface area contributed by atoms with E-state index in [4.69, 9.17) is 0 Å². The van der Waals surface area contributed by atoms with Gasteiger partial charge in [0.2, 0.25) is 0 Å². The van der Waals surface area contributed by atoms with Gasteiger partial charge in [0.25, 0.3) is 0 Å². The molecule has 0 heterocycles. The van der Waals surface area contributed by atoms with E-state index in [1.165, 1.54) is 17.4 Å². The summed E-state index contributed by atoms with van der Waals surface area (Å²) in [5.41, 5.74) is 2.56. The third kappa shape index (κ3) is 9.46. The van der Waals surface area contributed by atoms with Crippen molar-refractivity contribution in [2.24, 2.45) is 4.99 Å². The first-order chi connectivity index (χ1) is 10.9. The SMILES string of the molecule is CCNC(=NCCCS(C)(=O)=O)N(C)Cc1ccc(CC)cc1.I. The van der Waals surface area contributed by atoms with Crippen LogP contribution in [0.2, 0.25) is 0 Å². The van der Waals surface area contributed by atoms with Crippen LogP contribution >= 0.6 is 24.0 Å². The first-order valence-electron chi connectivity index (χ1n) is 8.10. The fourth-order valence-electron chi connectivity index (χ4n) is 2.21. The molecule has 1 aromatic carbocycles. The normalized spacial score (nSPS) is 11.8. The summed E-state index contributed by atoms with van der Waals surface area (Å²) in [4.78, 5) is 6.57. The van der Waals surface area contributed by atoms with Gasteiger partial charge >= 0.3 is 0 Å². The van der Waals surface area contributed by atoms with Crippen molar-refractivity contribution in [3.63, 3.8) is 0 Å². The largest absolute Gasteiger partial charge is 0.357 e. The first kappa shape index (κ1) is 23.2. The highest BCUT2D eigenvalue weighted by atomic mass is 127. The maximum Gasteiger partial charge on any atom is 0.193 e. The Labute approximate surface area is 163 Å². The third-order valence-corrected chi connectivity index (χ3v) is 4.51. The van der Waals surface area contributed by atoms with Crippen molar-refractivity contribution in [1.29, 1.82) is 0 Å². The summed E-state index contributed by atoms with van der Waals surface area (Å²) in [6.45, 7) is 6.23. The number of rotatable bonds is 8. The maximum absolute atomic E-state index is 11.2. The number of benzene rings is 1. The summed E-state index contributed by atoms with van der Waals surface area (Å²) < 4.78 is 22.3. The highest BCUT2D eigenvalue weighted by Gasteiger charge is 2.07. The lowest BCUT2D eigenvalue weighted by Gasteiger charge is -2.22. The zero-order valence-electron chi connectivity index (χ0n) is 15.1. The van der Waals surface area contributed by atoms with Crippen molar-refractivity contribution in [2.75, 3.05) is 32.1 Å². The molecule has 0 aliphatic carbocycles. The van der Waals surface area contributed by atoms with Gasteiger partial charge in [-0.25, -0.2) is 8.42 Å². The van der Waals surface area contributed by atoms with Crippen molar-refractivity contribution in [2.45, 2.75) is 33.2 Å². The summed E-state index contributed by atoms with van der Waals surface area (Å²) in [6.07, 6.45) is 2.85. The van der Waals surface area contributed by atoms with Crippen LogP contribution in [0.5, 0.6) is 0 Å². The Bertz CT molecular complexity index is 601. The van der Waals surface area contributed by atoms with Crippen LogP contribution < -0.4 is 5.32 Å². The number of sulfone groups is 1. The number of nitrogens with zero attached hydrogens (tertiary/aromatic N) is 2. The molecule has 138 valence electrons. The average Bonchev–Trinajstić information content (AvgIpc) is 2.50. The van der Waals surface area contributed by atoms with Gasteiger partial charge in [0.05, 0.1) is 5.75 Å². The van der Waals surface area contributed by atoms with Gasteiger partial charge in [-0.3, -0.25) is 4.99 Å². The molecule has 0 fully saturated rings. The molecule has 0 bridgehead atoms. The smallest absolute Gasteiger partial charge is 0.193 e. The van der Waals surface area contributed by atoms with E-state index >= 15 is 0 Å². The molecule has 0 unspecified atom stereocenters. The molecule has 0 radical (unpaired) electrons. The van der Waals surface area contributed by atoms with E-state index in [1.54, 1.807) is 0 Å². The van der Waals surface area contributed by atoms with Crippen LogP contribution in [0.1, 0.15) is 31.4 Å². The lowest BCUT2D eigenvalue weighted by atomic mass is 10.1. The molecule has 0 aliphatic heterocycles. The predicted molar refractivity (Wildman–Crippen MR) is 113 cm³/mol. The fraction of sp³-hybridized carbons (Fsp3) is 0.588. The van der Waals surface area contributed by atoms with Crippen molar-refractivity contribution < 1.29 is 8.42 Å². The highest BCUT2D eigenvalue weighted by molar-refractivity contribution is 14.0. The van der Waals surface area contributed by atoms with Crippen molar-refractivity contribution in [3.05, 3.63) is 35.4 Å². The second-order valence-electron chi connectivity index (χ2n) is 5.75. The Kier molecular flexibility index (Phi) is 11.3. The molecule has 0 spiro atoms. The summed E-state index contributed by atoms with van der Waals surface area (Å²) >= 11 is 0. The van der Waals surface area contributed by atoms with E-state index in [0.29, 0.717) is 13.0 Å². The lowest BCUT2D eigenvalue weighted by Crippen LogP contribution is -2.38. The Morgan fingerprint density at radius 2 is 1.75 bits per heavy atom. The molecule has 0 aromatic heterocycles. The number of aliphatic imine (C=N–C) groups is 1. The summed E-state index contributed by atoms with van der Waals surface area (Å²) in [5.74, 6) is 0.985. The molecule has 0 amide bonds. The van der Waals surface area contributed by atoms with Crippen LogP contribution in [0.25, 0.3) is 0 Å². The Morgan fingerprint density at radius 3 is 2.25 bits per heavy atom. The van der Waals surface area contributed by atoms with Crippen LogP contribution in [-0.4, -0.2) is 51.4 Å². The van der Waals surface area contributed by atoms with Crippen LogP contribution in [0.4, 0.5) is 0 Å². The second kappa shape index (κ2) is 11.7. The standard InChI is InChI=1S/C17H29N3O2S.HI/c1-5-15-8-10-16(11-9-15)14-20(3)17(18-6-2)19-12-7-13-23(4,21)22;/h8-11H,5-7,12-14H2,1-4H3,(H,18,19);1H. The molecule has 24 heavy (non-hydrogen) atoms. The van der Waals surface area contributed by atoms with Gasteiger partial charge in [-0.2, -0.15) is 0 Å². The molecule has 7 heteroatoms. The maximum atomic E-state index is 11.2. The molecule has 0 saturated carbocycles. The third-order valence-electron chi connectivity index (χ3n) is 3.48. The van der Waals surface area contributed by atoms with Crippen molar-refractivity contribution >= 4 is 39.8 Å². The topological polar surface area (TPSA) is 61.8 Å². The number of nitrogens with one attached hydrogen (secondary N) is 1. The van der Waals surface area contributed by atoms with E-state index in [2.05, 4.69) is 46.4 Å². The van der Waals surface area contributed by atoms with Gasteiger partial charge in [0.15, 0.2) is 5.96 Å². The summed E-state index contributed by atoms with van der Waals surface area (Å²) in [5, 5.41) is 3.25. The van der Waals surface area contributed by atoms with Gasteiger partial charge in [-0.1, -0.05) is 31.2 Å². The van der Waals surface area contributed by atoms with E-state index < -0.39 is 9.84 Å². The summed E-state index contributed by atoms with van der Waals surface area (Å²) in [7, 11) is -0.921. The monoisotopic (exact) mass is 467 g/mol. The second-order valence-corrected chi connectivity index (χ2v) is 8.00. The van der Waals surface area contributed by atoms with E-state index in [0.717, 1.165) is 25.5 Å². The van der Waals surface area contributed by atoms with Crippen LogP contribution in [0.15, 0.2) is 29.3 Å². The molecular weight excluding hydrogens is 437 g/mol. The number of aryl methyl sites for hydroxylation is 1. The molecule has 1 aromatic rings. The minimum atomic E-state index is -2.91. The van der Waals surface area contributed by atoms with Crippen molar-refractivity contribution in [1.82, 2.24) is 10.2 Å². The Balaban J connectivity index is 0.00000529. The first-order valence-corrected chi connectivity index (χ1v) is 10.2. The molecule has 0 atom stereocenters. The van der Waals surface area contributed by atoms with Crippen LogP contribution in [0.3, 0.4) is 0 Å². The van der Waals surface area contributed by atoms with Gasteiger partial charge in [0, 0.05) is 32.9 Å². The quantitative estimate of drug-likeness (QED) is 0.277. The van der Waals surface area contributed by atoms with E-state index in [-0.39, 0.29) is 29.7 Å². The average molecular weight is 467 g/mol. The lowest BCUT2D eigenvalue weighted by molar-refractivity contribution is 0.477. The van der Waals surface area contributed by atoms with Gasteiger partial charge in [-0.15, -0.1) is 24.0 Å². The zero-order chi connectivity index (χ0) is 17.3. The van der Waals surface area contributed by atoms with Gasteiger partial charge in [-0.05, 0) is 30.9 Å². The fourth-order valence-corrected chi connectivity index (χ4v) is 2.86. The van der Waals surface area contributed by atoms with Crippen LogP contribution in [0, 0.1) is 0 Å². The number of halogens is 1. The van der Waals surface area contributed by atoms with Crippen LogP contribution in [-0.2, 0) is 22.8 Å². The molecular formula is C17H30IN3O2S. The predicted octanol–water partition coefficient (Wildman–Crippen LogP) is 2.70. The number of guanidine groups is 1. The van der Waals surface area contributed by atoms with E-state index in [1.807, 2.05) is 14.0 Å². The molecule has 0 aliphatic rings. The molecule has 5 nitrogen and oxygen atoms in total. The zero-order valence-corrected chi connectivity index (χ0v) is 18.2. The minimum absolute atomic E-state index is 0. The number of hydrogen-bond acceptors (Lipinski definition) is 3. The van der Waals surface area contributed by atoms with Gasteiger partial charge in [0.1, 0.15) is 9.84 Å². The van der Waals surface area contributed by atoms with E-state index in [9.17, 15) is 8.42 Å². The van der Waals surface area contributed by atoms with Gasteiger partial charge < -0.3 is 10.2 Å². The highest BCUT2D eigenvalue weighted by Crippen LogP contribution is 2.07. The summed E-state index contributed by atoms with van der Waals surface area (Å²) in [6, 6.07) is 8.59. The molecule has 0 saturated heterocycles. The molecule has 1 N–H and O–H groups in total. The Hall–Kier alpha value is -0.830. The molecule has 1 rings (SSSR count). The minimum Gasteiger partial charge on any atom is -0.357 e. The Morgan fingerprint density at radius 1 is 1.17 bits per heavy atom.